The Balaban J connectivity index is 2.01. The van der Waals surface area contributed by atoms with Gasteiger partial charge in [0.25, 0.3) is 5.91 Å². The lowest BCUT2D eigenvalue weighted by Gasteiger charge is -2.21. The van der Waals surface area contributed by atoms with Gasteiger partial charge in [0.05, 0.1) is 12.1 Å². The van der Waals surface area contributed by atoms with Gasteiger partial charge in [-0.25, -0.2) is 0 Å². The van der Waals surface area contributed by atoms with Gasteiger partial charge in [0.15, 0.2) is 0 Å². The Bertz CT molecular complexity index is 609. The molecule has 0 aliphatic heterocycles. The van der Waals surface area contributed by atoms with Crippen LogP contribution < -0.4 is 15.8 Å². The van der Waals surface area contributed by atoms with E-state index in [9.17, 15) is 4.79 Å². The summed E-state index contributed by atoms with van der Waals surface area (Å²) in [4.78, 5) is 12.0. The highest BCUT2D eigenvalue weighted by atomic mass is 16.5. The van der Waals surface area contributed by atoms with Crippen molar-refractivity contribution in [2.75, 3.05) is 5.32 Å². The number of nitrogens with two attached hydrogens (primary N) is 1. The first kappa shape index (κ1) is 15.1. The van der Waals surface area contributed by atoms with Crippen LogP contribution in [0.2, 0.25) is 0 Å². The Hall–Kier alpha value is -2.27. The highest BCUT2D eigenvalue weighted by Crippen LogP contribution is 2.21. The number of ether oxygens (including phenoxy) is 1. The van der Waals surface area contributed by atoms with Crippen LogP contribution in [0, 0.1) is 0 Å². The van der Waals surface area contributed by atoms with Crippen molar-refractivity contribution in [3.8, 4) is 5.75 Å². The minimum Gasteiger partial charge on any atom is -0.488 e. The SMILES string of the molecule is CC(C)(C)Oc1ccc(NC(=O)c2coc(CN)c2)cc1. The maximum atomic E-state index is 12.0. The molecule has 0 spiro atoms. The fourth-order valence-corrected chi connectivity index (χ4v) is 1.77. The summed E-state index contributed by atoms with van der Waals surface area (Å²) >= 11 is 0. The van der Waals surface area contributed by atoms with E-state index in [0.29, 0.717) is 17.0 Å². The molecule has 0 bridgehead atoms. The summed E-state index contributed by atoms with van der Waals surface area (Å²) < 4.78 is 10.9. The monoisotopic (exact) mass is 288 g/mol. The topological polar surface area (TPSA) is 77.5 Å². The maximum Gasteiger partial charge on any atom is 0.258 e. The molecular formula is C16H20N2O3. The van der Waals surface area contributed by atoms with Crippen LogP contribution in [-0.2, 0) is 6.54 Å². The number of anilines is 1. The third-order valence-corrected chi connectivity index (χ3v) is 2.65. The summed E-state index contributed by atoms with van der Waals surface area (Å²) in [7, 11) is 0. The Morgan fingerprint density at radius 3 is 2.48 bits per heavy atom. The second-order valence-electron chi connectivity index (χ2n) is 5.70. The Kier molecular flexibility index (Phi) is 4.33. The molecule has 0 radical (unpaired) electrons. The van der Waals surface area contributed by atoms with Crippen molar-refractivity contribution in [2.24, 2.45) is 5.73 Å². The molecule has 0 saturated heterocycles. The molecule has 2 rings (SSSR count). The first-order chi connectivity index (χ1) is 9.87. The zero-order valence-electron chi connectivity index (χ0n) is 12.5. The molecule has 0 aliphatic rings. The molecule has 1 heterocycles. The van der Waals surface area contributed by atoms with Gasteiger partial charge in [0, 0.05) is 5.69 Å². The van der Waals surface area contributed by atoms with E-state index in [4.69, 9.17) is 14.9 Å². The van der Waals surface area contributed by atoms with E-state index in [1.165, 1.54) is 6.26 Å². The molecule has 3 N–H and O–H groups in total. The van der Waals surface area contributed by atoms with Crippen LogP contribution >= 0.6 is 0 Å². The highest BCUT2D eigenvalue weighted by molar-refractivity contribution is 6.04. The number of hydrogen-bond donors (Lipinski definition) is 2. The summed E-state index contributed by atoms with van der Waals surface area (Å²) in [6.45, 7) is 6.22. The molecule has 1 amide bonds. The van der Waals surface area contributed by atoms with E-state index >= 15 is 0 Å². The zero-order valence-corrected chi connectivity index (χ0v) is 12.5. The predicted molar refractivity (Wildman–Crippen MR) is 81.4 cm³/mol. The summed E-state index contributed by atoms with van der Waals surface area (Å²) in [5.74, 6) is 1.10. The van der Waals surface area contributed by atoms with Gasteiger partial charge in [-0.2, -0.15) is 0 Å². The van der Waals surface area contributed by atoms with Gasteiger partial charge in [-0.05, 0) is 51.1 Å². The van der Waals surface area contributed by atoms with Crippen LogP contribution in [0.3, 0.4) is 0 Å². The number of carbonyl (C=O) groups is 1. The number of furan rings is 1. The fourth-order valence-electron chi connectivity index (χ4n) is 1.77. The number of benzene rings is 1. The van der Waals surface area contributed by atoms with E-state index in [1.54, 1.807) is 18.2 Å². The number of nitrogens with one attached hydrogen (secondary N) is 1. The first-order valence-corrected chi connectivity index (χ1v) is 6.75. The molecule has 0 aliphatic carbocycles. The summed E-state index contributed by atoms with van der Waals surface area (Å²) in [6, 6.07) is 8.86. The molecular weight excluding hydrogens is 268 g/mol. The van der Waals surface area contributed by atoms with Crippen LogP contribution in [0.1, 0.15) is 36.9 Å². The lowest BCUT2D eigenvalue weighted by atomic mass is 10.2. The standard InChI is InChI=1S/C16H20N2O3/c1-16(2,3)21-13-6-4-12(5-7-13)18-15(19)11-8-14(9-17)20-10-11/h4-8,10H,9,17H2,1-3H3,(H,18,19). The minimum atomic E-state index is -0.250. The van der Waals surface area contributed by atoms with Crippen molar-refractivity contribution in [1.82, 2.24) is 0 Å². The molecule has 5 heteroatoms. The molecule has 21 heavy (non-hydrogen) atoms. The second-order valence-corrected chi connectivity index (χ2v) is 5.70. The second kappa shape index (κ2) is 6.01. The molecule has 112 valence electrons. The van der Waals surface area contributed by atoms with Gasteiger partial charge >= 0.3 is 0 Å². The lowest BCUT2D eigenvalue weighted by molar-refractivity contribution is 0.102. The van der Waals surface area contributed by atoms with E-state index in [-0.39, 0.29) is 18.1 Å². The molecule has 2 aromatic rings. The van der Waals surface area contributed by atoms with Gasteiger partial charge in [-0.1, -0.05) is 0 Å². The van der Waals surface area contributed by atoms with E-state index in [1.807, 2.05) is 32.9 Å². The molecule has 0 fully saturated rings. The van der Waals surface area contributed by atoms with E-state index in [0.717, 1.165) is 5.75 Å². The molecule has 0 saturated carbocycles. The molecule has 1 aromatic heterocycles. The third kappa shape index (κ3) is 4.36. The quantitative estimate of drug-likeness (QED) is 0.906. The summed E-state index contributed by atoms with van der Waals surface area (Å²) in [6.07, 6.45) is 1.40. The first-order valence-electron chi connectivity index (χ1n) is 6.75. The van der Waals surface area contributed by atoms with Crippen LogP contribution in [0.4, 0.5) is 5.69 Å². The Labute approximate surface area is 124 Å². The minimum absolute atomic E-state index is 0.233. The van der Waals surface area contributed by atoms with Crippen LogP contribution in [0.5, 0.6) is 5.75 Å². The Morgan fingerprint density at radius 1 is 1.29 bits per heavy atom. The fraction of sp³-hybridized carbons (Fsp3) is 0.312. The maximum absolute atomic E-state index is 12.0. The van der Waals surface area contributed by atoms with E-state index < -0.39 is 0 Å². The van der Waals surface area contributed by atoms with Crippen molar-refractivity contribution in [3.63, 3.8) is 0 Å². The third-order valence-electron chi connectivity index (χ3n) is 2.65. The van der Waals surface area contributed by atoms with Crippen LogP contribution in [0.25, 0.3) is 0 Å². The normalized spacial score (nSPS) is 11.2. The number of amides is 1. The smallest absolute Gasteiger partial charge is 0.258 e. The average molecular weight is 288 g/mol. The molecule has 1 aromatic carbocycles. The van der Waals surface area contributed by atoms with Crippen molar-refractivity contribution in [3.05, 3.63) is 47.9 Å². The van der Waals surface area contributed by atoms with Crippen LogP contribution in [0.15, 0.2) is 41.0 Å². The summed E-state index contributed by atoms with van der Waals surface area (Å²) in [5.41, 5.74) is 6.33. The van der Waals surface area contributed by atoms with Crippen molar-refractivity contribution in [2.45, 2.75) is 32.9 Å². The van der Waals surface area contributed by atoms with Gasteiger partial charge in [-0.15, -0.1) is 0 Å². The predicted octanol–water partition coefficient (Wildman–Crippen LogP) is 3.17. The van der Waals surface area contributed by atoms with Crippen LogP contribution in [-0.4, -0.2) is 11.5 Å². The number of rotatable bonds is 4. The van der Waals surface area contributed by atoms with Gasteiger partial charge < -0.3 is 20.2 Å². The average Bonchev–Trinajstić information content (AvgIpc) is 2.88. The van der Waals surface area contributed by atoms with Crippen molar-refractivity contribution in [1.29, 1.82) is 0 Å². The Morgan fingerprint density at radius 2 is 1.95 bits per heavy atom. The van der Waals surface area contributed by atoms with Gasteiger partial charge in [-0.3, -0.25) is 4.79 Å². The van der Waals surface area contributed by atoms with Crippen molar-refractivity contribution < 1.29 is 13.9 Å². The zero-order chi connectivity index (χ0) is 15.5. The van der Waals surface area contributed by atoms with E-state index in [2.05, 4.69) is 5.32 Å². The summed E-state index contributed by atoms with van der Waals surface area (Å²) in [5, 5.41) is 2.79. The molecule has 5 nitrogen and oxygen atoms in total. The van der Waals surface area contributed by atoms with Gasteiger partial charge in [0.1, 0.15) is 23.4 Å². The largest absolute Gasteiger partial charge is 0.488 e. The number of hydrogen-bond acceptors (Lipinski definition) is 4. The lowest BCUT2D eigenvalue weighted by Crippen LogP contribution is -2.22. The van der Waals surface area contributed by atoms with Crippen molar-refractivity contribution >= 4 is 11.6 Å². The highest BCUT2D eigenvalue weighted by Gasteiger charge is 2.12. The number of carbonyl (C=O) groups excluding carboxylic acids is 1. The van der Waals surface area contributed by atoms with Gasteiger partial charge in [0.2, 0.25) is 0 Å². The molecule has 0 unspecified atom stereocenters. The molecule has 0 atom stereocenters.